The van der Waals surface area contributed by atoms with E-state index in [1.165, 1.54) is 0 Å². The fraction of sp³-hybridized carbons (Fsp3) is 0.684. The molecule has 8 nitrogen and oxygen atoms in total. The van der Waals surface area contributed by atoms with E-state index < -0.39 is 6.03 Å². The number of urea groups is 1. The van der Waals surface area contributed by atoms with Crippen LogP contribution < -0.4 is 10.6 Å². The molecule has 2 fully saturated rings. The summed E-state index contributed by atoms with van der Waals surface area (Å²) in [6, 6.07) is 3.37. The van der Waals surface area contributed by atoms with Crippen LogP contribution in [0.4, 0.5) is 4.79 Å². The normalized spacial score (nSPS) is 26.8. The molecule has 2 aliphatic heterocycles. The van der Waals surface area contributed by atoms with Crippen LogP contribution in [0.3, 0.4) is 0 Å². The molecule has 150 valence electrons. The molecule has 0 unspecified atom stereocenters. The van der Waals surface area contributed by atoms with E-state index in [4.69, 9.17) is 9.15 Å². The lowest BCUT2D eigenvalue weighted by Crippen LogP contribution is -2.51. The number of rotatable bonds is 6. The lowest BCUT2D eigenvalue weighted by atomic mass is 10.1. The number of carbonyl (C=O) groups is 2. The van der Waals surface area contributed by atoms with Gasteiger partial charge in [-0.15, -0.1) is 0 Å². The molecule has 0 aliphatic carbocycles. The van der Waals surface area contributed by atoms with Crippen molar-refractivity contribution >= 4 is 11.9 Å². The number of nitrogens with one attached hydrogen (secondary N) is 2. The molecule has 0 saturated carbocycles. The zero-order valence-corrected chi connectivity index (χ0v) is 16.1. The Morgan fingerprint density at radius 2 is 2.04 bits per heavy atom. The smallest absolute Gasteiger partial charge is 0.321 e. The molecule has 2 aliphatic rings. The molecule has 2 saturated heterocycles. The summed E-state index contributed by atoms with van der Waals surface area (Å²) in [4.78, 5) is 28.7. The largest absolute Gasteiger partial charge is 0.467 e. The maximum absolute atomic E-state index is 12.2. The molecular formula is C19H30N4O4. The van der Waals surface area contributed by atoms with E-state index >= 15 is 0 Å². The van der Waals surface area contributed by atoms with Gasteiger partial charge in [0.2, 0.25) is 5.91 Å². The van der Waals surface area contributed by atoms with E-state index in [9.17, 15) is 9.59 Å². The van der Waals surface area contributed by atoms with Crippen LogP contribution in [0.5, 0.6) is 0 Å². The molecule has 3 heterocycles. The first-order chi connectivity index (χ1) is 13.0. The zero-order chi connectivity index (χ0) is 19.2. The van der Waals surface area contributed by atoms with Crippen molar-refractivity contribution in [3.8, 4) is 0 Å². The number of likely N-dealkylation sites (tertiary alicyclic amines) is 1. The molecule has 0 aromatic carbocycles. The van der Waals surface area contributed by atoms with Gasteiger partial charge in [0.1, 0.15) is 5.76 Å². The molecule has 1 aromatic heterocycles. The van der Waals surface area contributed by atoms with Crippen LogP contribution in [0.2, 0.25) is 0 Å². The standard InChI is InChI=1S/C19H30N4O4/c1-14-10-22(11-15(2)27-14)12-16-5-3-7-23(16)13-18(24)21-19(25)20-9-17-6-4-8-26-17/h4,6,8,14-16H,3,5,7,9-13H2,1-2H3,(H2,20,21,24,25)/t14-,15+,16-/m1/s1. The fourth-order valence-corrected chi connectivity index (χ4v) is 4.02. The fourth-order valence-electron chi connectivity index (χ4n) is 4.02. The van der Waals surface area contributed by atoms with Gasteiger partial charge < -0.3 is 14.5 Å². The third kappa shape index (κ3) is 6.05. The maximum Gasteiger partial charge on any atom is 0.321 e. The third-order valence-electron chi connectivity index (χ3n) is 5.07. The van der Waals surface area contributed by atoms with E-state index in [-0.39, 0.29) is 31.2 Å². The van der Waals surface area contributed by atoms with Gasteiger partial charge in [-0.2, -0.15) is 0 Å². The first-order valence-electron chi connectivity index (χ1n) is 9.71. The Kier molecular flexibility index (Phi) is 6.87. The second kappa shape index (κ2) is 9.34. The van der Waals surface area contributed by atoms with Gasteiger partial charge >= 0.3 is 6.03 Å². The quantitative estimate of drug-likeness (QED) is 0.773. The van der Waals surface area contributed by atoms with E-state index in [0.29, 0.717) is 11.8 Å². The van der Waals surface area contributed by atoms with Gasteiger partial charge in [0.25, 0.3) is 0 Å². The van der Waals surface area contributed by atoms with Crippen LogP contribution >= 0.6 is 0 Å². The minimum Gasteiger partial charge on any atom is -0.467 e. The van der Waals surface area contributed by atoms with Crippen molar-refractivity contribution in [2.75, 3.05) is 32.7 Å². The van der Waals surface area contributed by atoms with E-state index in [0.717, 1.165) is 39.0 Å². The van der Waals surface area contributed by atoms with E-state index in [1.54, 1.807) is 18.4 Å². The molecule has 0 radical (unpaired) electrons. The SMILES string of the molecule is C[C@@H]1CN(C[C@H]2CCCN2CC(=O)NC(=O)NCc2ccco2)C[C@H](C)O1. The van der Waals surface area contributed by atoms with Crippen molar-refractivity contribution in [2.24, 2.45) is 0 Å². The number of nitrogens with zero attached hydrogens (tertiary/aromatic N) is 2. The lowest BCUT2D eigenvalue weighted by Gasteiger charge is -2.38. The predicted molar refractivity (Wildman–Crippen MR) is 100 cm³/mol. The van der Waals surface area contributed by atoms with Crippen LogP contribution in [0.15, 0.2) is 22.8 Å². The van der Waals surface area contributed by atoms with Gasteiger partial charge in [-0.3, -0.25) is 19.9 Å². The summed E-state index contributed by atoms with van der Waals surface area (Å²) in [6.45, 7) is 8.39. The molecule has 8 heteroatoms. The molecule has 3 rings (SSSR count). The Labute approximate surface area is 160 Å². The van der Waals surface area contributed by atoms with Gasteiger partial charge in [0, 0.05) is 25.7 Å². The molecule has 2 N–H and O–H groups in total. The van der Waals surface area contributed by atoms with Crippen LogP contribution in [-0.2, 0) is 16.1 Å². The Hall–Kier alpha value is -1.90. The van der Waals surface area contributed by atoms with Crippen molar-refractivity contribution in [2.45, 2.75) is 51.5 Å². The Balaban J connectivity index is 1.41. The topological polar surface area (TPSA) is 87.0 Å². The number of furan rings is 1. The van der Waals surface area contributed by atoms with Crippen LogP contribution in [-0.4, -0.2) is 72.7 Å². The monoisotopic (exact) mass is 378 g/mol. The first-order valence-corrected chi connectivity index (χ1v) is 9.71. The summed E-state index contributed by atoms with van der Waals surface area (Å²) in [5, 5.41) is 5.02. The minimum atomic E-state index is -0.497. The molecule has 0 bridgehead atoms. The summed E-state index contributed by atoms with van der Waals surface area (Å²) in [7, 11) is 0. The molecule has 3 amide bonds. The number of hydrogen-bond donors (Lipinski definition) is 2. The average Bonchev–Trinajstić information content (AvgIpc) is 3.24. The van der Waals surface area contributed by atoms with Gasteiger partial charge in [0.15, 0.2) is 0 Å². The third-order valence-corrected chi connectivity index (χ3v) is 5.07. The maximum atomic E-state index is 12.2. The second-order valence-corrected chi connectivity index (χ2v) is 7.55. The zero-order valence-electron chi connectivity index (χ0n) is 16.1. The van der Waals surface area contributed by atoms with Crippen molar-refractivity contribution in [3.05, 3.63) is 24.2 Å². The van der Waals surface area contributed by atoms with Gasteiger partial charge in [-0.05, 0) is 45.4 Å². The summed E-state index contributed by atoms with van der Waals surface area (Å²) in [5.41, 5.74) is 0. The highest BCUT2D eigenvalue weighted by Crippen LogP contribution is 2.20. The van der Waals surface area contributed by atoms with E-state index in [2.05, 4.69) is 34.3 Å². The Morgan fingerprint density at radius 3 is 2.74 bits per heavy atom. The Morgan fingerprint density at radius 1 is 1.26 bits per heavy atom. The number of carbonyl (C=O) groups excluding carboxylic acids is 2. The molecule has 27 heavy (non-hydrogen) atoms. The first kappa shape index (κ1) is 19.9. The van der Waals surface area contributed by atoms with Crippen LogP contribution in [0, 0.1) is 0 Å². The summed E-state index contributed by atoms with van der Waals surface area (Å²) in [5.74, 6) is 0.369. The van der Waals surface area contributed by atoms with Gasteiger partial charge in [0.05, 0.1) is 31.6 Å². The number of hydrogen-bond acceptors (Lipinski definition) is 6. The minimum absolute atomic E-state index is 0.241. The highest BCUT2D eigenvalue weighted by Gasteiger charge is 2.31. The Bertz CT molecular complexity index is 611. The van der Waals surface area contributed by atoms with Crippen molar-refractivity contribution in [1.82, 2.24) is 20.4 Å². The molecule has 1 aromatic rings. The number of ether oxygens (including phenoxy) is 1. The van der Waals surface area contributed by atoms with Gasteiger partial charge in [-0.25, -0.2) is 4.79 Å². The van der Waals surface area contributed by atoms with Crippen molar-refractivity contribution in [3.63, 3.8) is 0 Å². The molecule has 0 spiro atoms. The predicted octanol–water partition coefficient (Wildman–Crippen LogP) is 1.18. The number of amides is 3. The van der Waals surface area contributed by atoms with Crippen LogP contribution in [0.1, 0.15) is 32.4 Å². The molecular weight excluding hydrogens is 348 g/mol. The highest BCUT2D eigenvalue weighted by molar-refractivity contribution is 5.95. The van der Waals surface area contributed by atoms with E-state index in [1.807, 2.05) is 0 Å². The highest BCUT2D eigenvalue weighted by atomic mass is 16.5. The number of imide groups is 1. The van der Waals surface area contributed by atoms with Crippen molar-refractivity contribution < 1.29 is 18.7 Å². The van der Waals surface area contributed by atoms with Crippen LogP contribution in [0.25, 0.3) is 0 Å². The number of morpholine rings is 1. The second-order valence-electron chi connectivity index (χ2n) is 7.55. The summed E-state index contributed by atoms with van der Waals surface area (Å²) < 4.78 is 10.9. The summed E-state index contributed by atoms with van der Waals surface area (Å²) in [6.07, 6.45) is 4.19. The summed E-state index contributed by atoms with van der Waals surface area (Å²) >= 11 is 0. The van der Waals surface area contributed by atoms with Gasteiger partial charge in [-0.1, -0.05) is 0 Å². The molecule has 3 atom stereocenters. The average molecular weight is 378 g/mol. The lowest BCUT2D eigenvalue weighted by molar-refractivity contribution is -0.121. The van der Waals surface area contributed by atoms with Crippen molar-refractivity contribution in [1.29, 1.82) is 0 Å².